The fourth-order valence-corrected chi connectivity index (χ4v) is 1.12. The SMILES string of the molecule is CC(C)(C)OC(=O)Nc1c(F)cc(N)cc1F. The third kappa shape index (κ3) is 3.90. The summed E-state index contributed by atoms with van der Waals surface area (Å²) in [7, 11) is 0. The number of nitrogens with one attached hydrogen (secondary N) is 1. The Morgan fingerprint density at radius 2 is 1.76 bits per heavy atom. The van der Waals surface area contributed by atoms with Crippen LogP contribution in [0.5, 0.6) is 0 Å². The molecule has 0 unspecified atom stereocenters. The molecule has 0 aliphatic rings. The molecular formula is C11H14F2N2O2. The van der Waals surface area contributed by atoms with E-state index in [0.717, 1.165) is 12.1 Å². The Bertz CT molecular complexity index is 419. The number of nitrogens with two attached hydrogens (primary N) is 1. The molecule has 0 aliphatic carbocycles. The average molecular weight is 244 g/mol. The molecule has 1 rings (SSSR count). The molecule has 94 valence electrons. The van der Waals surface area contributed by atoms with E-state index in [9.17, 15) is 13.6 Å². The number of halogens is 2. The zero-order valence-electron chi connectivity index (χ0n) is 9.80. The van der Waals surface area contributed by atoms with E-state index in [2.05, 4.69) is 0 Å². The number of benzene rings is 1. The van der Waals surface area contributed by atoms with Crippen LogP contribution in [0, 0.1) is 11.6 Å². The number of hydrogen-bond donors (Lipinski definition) is 2. The first-order valence-electron chi connectivity index (χ1n) is 4.93. The molecule has 0 aromatic heterocycles. The van der Waals surface area contributed by atoms with Crippen molar-refractivity contribution < 1.29 is 18.3 Å². The average Bonchev–Trinajstić information content (AvgIpc) is 2.08. The Morgan fingerprint density at radius 3 is 2.18 bits per heavy atom. The van der Waals surface area contributed by atoms with Gasteiger partial charge in [-0.15, -0.1) is 0 Å². The first-order chi connectivity index (χ1) is 7.69. The predicted octanol–water partition coefficient (Wildman–Crippen LogP) is 2.89. The minimum Gasteiger partial charge on any atom is -0.444 e. The lowest BCUT2D eigenvalue weighted by molar-refractivity contribution is 0.0634. The summed E-state index contributed by atoms with van der Waals surface area (Å²) in [6, 6.07) is 1.82. The third-order valence-corrected chi connectivity index (χ3v) is 1.69. The van der Waals surface area contributed by atoms with Gasteiger partial charge in [0.2, 0.25) is 0 Å². The quantitative estimate of drug-likeness (QED) is 0.746. The molecule has 0 saturated carbocycles. The largest absolute Gasteiger partial charge is 0.444 e. The van der Waals surface area contributed by atoms with Crippen molar-refractivity contribution in [3.05, 3.63) is 23.8 Å². The van der Waals surface area contributed by atoms with Crippen LogP contribution in [0.4, 0.5) is 25.0 Å². The van der Waals surface area contributed by atoms with Crippen molar-refractivity contribution >= 4 is 17.5 Å². The van der Waals surface area contributed by atoms with Gasteiger partial charge in [0.1, 0.15) is 11.3 Å². The summed E-state index contributed by atoms with van der Waals surface area (Å²) >= 11 is 0. The minimum absolute atomic E-state index is 0.0604. The maximum atomic E-state index is 13.3. The lowest BCUT2D eigenvalue weighted by Crippen LogP contribution is -2.27. The van der Waals surface area contributed by atoms with E-state index in [-0.39, 0.29) is 5.69 Å². The summed E-state index contributed by atoms with van der Waals surface area (Å²) in [5, 5.41) is 2.00. The second kappa shape index (κ2) is 4.57. The van der Waals surface area contributed by atoms with Gasteiger partial charge in [0.25, 0.3) is 0 Å². The summed E-state index contributed by atoms with van der Waals surface area (Å²) in [4.78, 5) is 11.3. The molecule has 3 N–H and O–H groups in total. The van der Waals surface area contributed by atoms with Crippen molar-refractivity contribution in [2.24, 2.45) is 0 Å². The van der Waals surface area contributed by atoms with Crippen molar-refractivity contribution in [1.82, 2.24) is 0 Å². The van der Waals surface area contributed by atoms with Crippen LogP contribution in [-0.2, 0) is 4.74 Å². The lowest BCUT2D eigenvalue weighted by Gasteiger charge is -2.20. The zero-order chi connectivity index (χ0) is 13.2. The monoisotopic (exact) mass is 244 g/mol. The normalized spacial score (nSPS) is 11.1. The van der Waals surface area contributed by atoms with E-state index in [0.29, 0.717) is 0 Å². The topological polar surface area (TPSA) is 64.3 Å². The van der Waals surface area contributed by atoms with Gasteiger partial charge in [-0.1, -0.05) is 0 Å². The molecule has 0 spiro atoms. The summed E-state index contributed by atoms with van der Waals surface area (Å²) in [6.45, 7) is 4.92. The van der Waals surface area contributed by atoms with Gasteiger partial charge in [-0.3, -0.25) is 5.32 Å². The molecular weight excluding hydrogens is 230 g/mol. The number of carbonyl (C=O) groups is 1. The van der Waals surface area contributed by atoms with Gasteiger partial charge in [-0.05, 0) is 32.9 Å². The van der Waals surface area contributed by atoms with Crippen molar-refractivity contribution in [3.63, 3.8) is 0 Å². The van der Waals surface area contributed by atoms with Gasteiger partial charge in [0.05, 0.1) is 0 Å². The number of ether oxygens (including phenoxy) is 1. The fraction of sp³-hybridized carbons (Fsp3) is 0.364. The lowest BCUT2D eigenvalue weighted by atomic mass is 10.2. The highest BCUT2D eigenvalue weighted by Gasteiger charge is 2.19. The second-order valence-corrected chi connectivity index (χ2v) is 4.49. The highest BCUT2D eigenvalue weighted by molar-refractivity contribution is 5.85. The van der Waals surface area contributed by atoms with Gasteiger partial charge >= 0.3 is 6.09 Å². The minimum atomic E-state index is -0.951. The molecule has 0 radical (unpaired) electrons. The molecule has 6 heteroatoms. The first kappa shape index (κ1) is 13.2. The summed E-state index contributed by atoms with van der Waals surface area (Å²) in [5.74, 6) is -1.90. The van der Waals surface area contributed by atoms with E-state index in [1.165, 1.54) is 0 Å². The van der Waals surface area contributed by atoms with Crippen molar-refractivity contribution in [1.29, 1.82) is 0 Å². The van der Waals surface area contributed by atoms with Gasteiger partial charge < -0.3 is 10.5 Å². The highest BCUT2D eigenvalue weighted by atomic mass is 19.1. The predicted molar refractivity (Wildman–Crippen MR) is 60.6 cm³/mol. The first-order valence-corrected chi connectivity index (χ1v) is 4.93. The fourth-order valence-electron chi connectivity index (χ4n) is 1.12. The Labute approximate surface area is 97.8 Å². The molecule has 17 heavy (non-hydrogen) atoms. The molecule has 0 heterocycles. The molecule has 1 aromatic rings. The van der Waals surface area contributed by atoms with Crippen LogP contribution >= 0.6 is 0 Å². The van der Waals surface area contributed by atoms with Crippen LogP contribution < -0.4 is 11.1 Å². The number of amides is 1. The highest BCUT2D eigenvalue weighted by Crippen LogP contribution is 2.22. The number of hydrogen-bond acceptors (Lipinski definition) is 3. The van der Waals surface area contributed by atoms with Gasteiger partial charge in [0, 0.05) is 5.69 Å². The maximum Gasteiger partial charge on any atom is 0.412 e. The van der Waals surface area contributed by atoms with E-state index in [1.54, 1.807) is 20.8 Å². The van der Waals surface area contributed by atoms with E-state index in [1.807, 2.05) is 5.32 Å². The molecule has 0 atom stereocenters. The number of carbonyl (C=O) groups excluding carboxylic acids is 1. The van der Waals surface area contributed by atoms with Gasteiger partial charge in [-0.25, -0.2) is 13.6 Å². The molecule has 4 nitrogen and oxygen atoms in total. The Hall–Kier alpha value is -1.85. The van der Waals surface area contributed by atoms with Crippen LogP contribution in [0.25, 0.3) is 0 Å². The Balaban J connectivity index is 2.86. The number of anilines is 2. The molecule has 0 bridgehead atoms. The standard InChI is InChI=1S/C11H14F2N2O2/c1-11(2,3)17-10(16)15-9-7(12)4-6(14)5-8(9)13/h4-5H,14H2,1-3H3,(H,15,16). The zero-order valence-corrected chi connectivity index (χ0v) is 9.80. The summed E-state index contributed by atoms with van der Waals surface area (Å²) in [6.07, 6.45) is -0.930. The molecule has 1 amide bonds. The van der Waals surface area contributed by atoms with Gasteiger partial charge in [0.15, 0.2) is 11.6 Å². The summed E-state index contributed by atoms with van der Waals surface area (Å²) < 4.78 is 31.5. The van der Waals surface area contributed by atoms with E-state index >= 15 is 0 Å². The van der Waals surface area contributed by atoms with Crippen molar-refractivity contribution in [3.8, 4) is 0 Å². The smallest absolute Gasteiger partial charge is 0.412 e. The van der Waals surface area contributed by atoms with Crippen molar-refractivity contribution in [2.45, 2.75) is 26.4 Å². The van der Waals surface area contributed by atoms with E-state index < -0.39 is 29.0 Å². The van der Waals surface area contributed by atoms with Crippen LogP contribution in [-0.4, -0.2) is 11.7 Å². The molecule has 0 saturated heterocycles. The Kier molecular flexibility index (Phi) is 3.55. The number of nitrogen functional groups attached to an aromatic ring is 1. The van der Waals surface area contributed by atoms with Crippen LogP contribution in [0.1, 0.15) is 20.8 Å². The van der Waals surface area contributed by atoms with Crippen LogP contribution in [0.15, 0.2) is 12.1 Å². The molecule has 0 aliphatic heterocycles. The van der Waals surface area contributed by atoms with E-state index in [4.69, 9.17) is 10.5 Å². The number of rotatable bonds is 1. The second-order valence-electron chi connectivity index (χ2n) is 4.49. The molecule has 0 fully saturated rings. The molecule has 1 aromatic carbocycles. The third-order valence-electron chi connectivity index (χ3n) is 1.69. The van der Waals surface area contributed by atoms with Crippen molar-refractivity contribution in [2.75, 3.05) is 11.1 Å². The maximum absolute atomic E-state index is 13.3. The summed E-state index contributed by atoms with van der Waals surface area (Å²) in [5.41, 5.74) is 3.86. The van der Waals surface area contributed by atoms with Crippen LogP contribution in [0.2, 0.25) is 0 Å². The van der Waals surface area contributed by atoms with Crippen LogP contribution in [0.3, 0.4) is 0 Å². The van der Waals surface area contributed by atoms with Gasteiger partial charge in [-0.2, -0.15) is 0 Å². The Morgan fingerprint density at radius 1 is 1.29 bits per heavy atom.